The minimum atomic E-state index is -3.98. The third-order valence-electron chi connectivity index (χ3n) is 3.97. The summed E-state index contributed by atoms with van der Waals surface area (Å²) in [5, 5.41) is 11.1. The third-order valence-corrected chi connectivity index (χ3v) is 5.92. The van der Waals surface area contributed by atoms with Crippen molar-refractivity contribution in [2.45, 2.75) is 11.8 Å². The van der Waals surface area contributed by atoms with Gasteiger partial charge in [0.25, 0.3) is 10.0 Å². The minimum absolute atomic E-state index is 0.000508. The Labute approximate surface area is 133 Å². The number of aryl methyl sites for hydroxylation is 1. The summed E-state index contributed by atoms with van der Waals surface area (Å²) in [6, 6.07) is 6.94. The van der Waals surface area contributed by atoms with Gasteiger partial charge in [-0.25, -0.2) is 13.2 Å². The highest BCUT2D eigenvalue weighted by atomic mass is 32.2. The zero-order valence-corrected chi connectivity index (χ0v) is 13.7. The van der Waals surface area contributed by atoms with Gasteiger partial charge in [0, 0.05) is 24.5 Å². The Bertz CT molecular complexity index is 956. The van der Waals surface area contributed by atoms with Crippen molar-refractivity contribution in [3.05, 3.63) is 35.7 Å². The average Bonchev–Trinajstić information content (AvgIpc) is 2.84. The minimum Gasteiger partial charge on any atom is -0.504 e. The van der Waals surface area contributed by atoms with E-state index in [1.54, 1.807) is 42.8 Å². The molecule has 1 aliphatic heterocycles. The number of hydrogen-bond acceptors (Lipinski definition) is 5. The number of aliphatic hydroxyl groups excluding tert-OH is 1. The number of carbonyl (C=O) groups excluding carboxylic acids is 1. The number of hydrogen-bond donors (Lipinski definition) is 1. The number of benzene rings is 1. The molecule has 0 spiro atoms. The molecule has 0 bridgehead atoms. The van der Waals surface area contributed by atoms with Gasteiger partial charge in [-0.2, -0.15) is 0 Å². The maximum Gasteiger partial charge on any atom is 0.359 e. The van der Waals surface area contributed by atoms with Crippen molar-refractivity contribution in [2.75, 3.05) is 13.7 Å². The Kier molecular flexibility index (Phi) is 3.36. The third kappa shape index (κ3) is 1.88. The summed E-state index contributed by atoms with van der Waals surface area (Å²) >= 11 is 0. The second-order valence-corrected chi connectivity index (χ2v) is 6.91. The van der Waals surface area contributed by atoms with Gasteiger partial charge in [0.1, 0.15) is 10.6 Å². The van der Waals surface area contributed by atoms with E-state index in [1.807, 2.05) is 0 Å². The van der Waals surface area contributed by atoms with Crippen LogP contribution < -0.4 is 0 Å². The number of carbonyl (C=O) groups is 1. The van der Waals surface area contributed by atoms with Crippen LogP contribution in [0.1, 0.15) is 12.6 Å². The number of fused-ring (bicyclic) bond motifs is 3. The lowest BCUT2D eigenvalue weighted by Crippen LogP contribution is -2.38. The number of methoxy groups -OCH3 is 1. The summed E-state index contributed by atoms with van der Waals surface area (Å²) in [6.45, 7) is 1.59. The number of aromatic nitrogens is 1. The van der Waals surface area contributed by atoms with Gasteiger partial charge >= 0.3 is 5.97 Å². The lowest BCUT2D eigenvalue weighted by molar-refractivity contribution is -0.137. The first-order valence-corrected chi connectivity index (χ1v) is 8.42. The lowest BCUT2D eigenvalue weighted by Gasteiger charge is -2.29. The average molecular weight is 336 g/mol. The number of aliphatic hydroxyl groups is 1. The molecule has 7 nitrogen and oxygen atoms in total. The molecule has 0 unspecified atom stereocenters. The molecule has 0 fully saturated rings. The van der Waals surface area contributed by atoms with Crippen LogP contribution in [0, 0.1) is 0 Å². The van der Waals surface area contributed by atoms with Crippen LogP contribution in [0.4, 0.5) is 0 Å². The predicted octanol–water partition coefficient (Wildman–Crippen LogP) is 1.60. The molecule has 0 saturated heterocycles. The SMILES string of the molecule is CCN1C(C(=O)OC)=C(O)c2c(c3ccccc3n2C)S1(=O)=O. The Hall–Kier alpha value is -2.48. The molecule has 3 rings (SSSR count). The molecule has 0 aliphatic carbocycles. The van der Waals surface area contributed by atoms with Gasteiger partial charge in [-0.05, 0) is 13.0 Å². The van der Waals surface area contributed by atoms with Crippen molar-refractivity contribution >= 4 is 32.7 Å². The quantitative estimate of drug-likeness (QED) is 0.842. The number of rotatable bonds is 2. The molecular formula is C15H16N2O5S. The number of ether oxygens (including phenoxy) is 1. The molecule has 1 N–H and O–H groups in total. The van der Waals surface area contributed by atoms with Crippen molar-refractivity contribution < 1.29 is 23.1 Å². The largest absolute Gasteiger partial charge is 0.504 e. The molecule has 0 radical (unpaired) electrons. The van der Waals surface area contributed by atoms with E-state index in [0.29, 0.717) is 10.9 Å². The molecule has 8 heteroatoms. The van der Waals surface area contributed by atoms with Gasteiger partial charge in [-0.1, -0.05) is 18.2 Å². The zero-order valence-electron chi connectivity index (χ0n) is 12.9. The fourth-order valence-corrected chi connectivity index (χ4v) is 4.86. The normalized spacial score (nSPS) is 16.6. The van der Waals surface area contributed by atoms with Crippen LogP contribution in [-0.4, -0.2) is 42.0 Å². The molecule has 2 aromatic rings. The fraction of sp³-hybridized carbons (Fsp3) is 0.267. The molecule has 122 valence electrons. The fourth-order valence-electron chi connectivity index (χ4n) is 2.97. The summed E-state index contributed by atoms with van der Waals surface area (Å²) in [4.78, 5) is 12.0. The molecular weight excluding hydrogens is 320 g/mol. The standard InChI is InChI=1S/C15H16N2O5S/c1-4-17-12(15(19)22-3)13(18)11-14(23(17,20)21)9-7-5-6-8-10(9)16(11)2/h5-8,18H,4H2,1-3H3. The van der Waals surface area contributed by atoms with Gasteiger partial charge in [-0.15, -0.1) is 0 Å². The second kappa shape index (κ2) is 5.02. The Morgan fingerprint density at radius 3 is 2.57 bits per heavy atom. The van der Waals surface area contributed by atoms with E-state index < -0.39 is 21.8 Å². The summed E-state index contributed by atoms with van der Waals surface area (Å²) in [5.74, 6) is -1.30. The maximum atomic E-state index is 13.0. The number of para-hydroxylation sites is 1. The molecule has 1 aromatic heterocycles. The van der Waals surface area contributed by atoms with Crippen LogP contribution in [0.25, 0.3) is 16.7 Å². The smallest absolute Gasteiger partial charge is 0.359 e. The van der Waals surface area contributed by atoms with E-state index in [9.17, 15) is 18.3 Å². The molecule has 0 amide bonds. The highest BCUT2D eigenvalue weighted by Crippen LogP contribution is 2.41. The number of sulfonamides is 1. The monoisotopic (exact) mass is 336 g/mol. The highest BCUT2D eigenvalue weighted by molar-refractivity contribution is 7.89. The first-order valence-electron chi connectivity index (χ1n) is 6.98. The van der Waals surface area contributed by atoms with Crippen LogP contribution in [0.3, 0.4) is 0 Å². The predicted molar refractivity (Wildman–Crippen MR) is 84.0 cm³/mol. The van der Waals surface area contributed by atoms with E-state index in [4.69, 9.17) is 0 Å². The van der Waals surface area contributed by atoms with E-state index in [-0.39, 0.29) is 22.8 Å². The summed E-state index contributed by atoms with van der Waals surface area (Å²) in [7, 11) is -1.20. The van der Waals surface area contributed by atoms with Crippen molar-refractivity contribution in [3.63, 3.8) is 0 Å². The topological polar surface area (TPSA) is 88.8 Å². The van der Waals surface area contributed by atoms with Gasteiger partial charge < -0.3 is 14.4 Å². The van der Waals surface area contributed by atoms with E-state index in [2.05, 4.69) is 4.74 Å². The van der Waals surface area contributed by atoms with Gasteiger partial charge in [0.05, 0.1) is 7.11 Å². The molecule has 23 heavy (non-hydrogen) atoms. The Balaban J connectivity index is 2.52. The lowest BCUT2D eigenvalue weighted by atomic mass is 10.2. The summed E-state index contributed by atoms with van der Waals surface area (Å²) in [5.41, 5.74) is 0.375. The van der Waals surface area contributed by atoms with Crippen LogP contribution in [0.2, 0.25) is 0 Å². The van der Waals surface area contributed by atoms with E-state index in [1.165, 1.54) is 0 Å². The molecule has 0 atom stereocenters. The molecule has 1 aliphatic rings. The first-order chi connectivity index (χ1) is 10.9. The van der Waals surface area contributed by atoms with Crippen molar-refractivity contribution in [1.29, 1.82) is 0 Å². The van der Waals surface area contributed by atoms with Gasteiger partial charge in [0.2, 0.25) is 0 Å². The van der Waals surface area contributed by atoms with Crippen LogP contribution in [-0.2, 0) is 26.6 Å². The van der Waals surface area contributed by atoms with Crippen LogP contribution in [0.15, 0.2) is 34.9 Å². The molecule has 0 saturated carbocycles. The highest BCUT2D eigenvalue weighted by Gasteiger charge is 2.43. The van der Waals surface area contributed by atoms with Gasteiger partial charge in [-0.3, -0.25) is 4.31 Å². The number of likely N-dealkylation sites (N-methyl/N-ethyl adjacent to an activating group) is 1. The summed E-state index contributed by atoms with van der Waals surface area (Å²) < 4.78 is 33.1. The Morgan fingerprint density at radius 2 is 1.96 bits per heavy atom. The molecule has 2 heterocycles. The van der Waals surface area contributed by atoms with E-state index in [0.717, 1.165) is 11.4 Å². The van der Waals surface area contributed by atoms with Crippen LogP contribution in [0.5, 0.6) is 0 Å². The zero-order chi connectivity index (χ0) is 16.9. The maximum absolute atomic E-state index is 13.0. The van der Waals surface area contributed by atoms with Gasteiger partial charge in [0.15, 0.2) is 11.5 Å². The van der Waals surface area contributed by atoms with E-state index >= 15 is 0 Å². The second-order valence-electron chi connectivity index (χ2n) is 5.11. The number of nitrogens with zero attached hydrogens (tertiary/aromatic N) is 2. The van der Waals surface area contributed by atoms with Crippen molar-refractivity contribution in [3.8, 4) is 0 Å². The molecule has 1 aromatic carbocycles. The first kappa shape index (κ1) is 15.4. The van der Waals surface area contributed by atoms with Crippen molar-refractivity contribution in [1.82, 2.24) is 8.87 Å². The van der Waals surface area contributed by atoms with Crippen molar-refractivity contribution in [2.24, 2.45) is 7.05 Å². The number of esters is 1. The van der Waals surface area contributed by atoms with Crippen LogP contribution >= 0.6 is 0 Å². The Morgan fingerprint density at radius 1 is 1.30 bits per heavy atom. The summed E-state index contributed by atoms with van der Waals surface area (Å²) in [6.07, 6.45) is 0.